The first kappa shape index (κ1) is 13.4. The minimum Gasteiger partial charge on any atom is -0.381 e. The first-order valence-electron chi connectivity index (χ1n) is 7.51. The molecular weight excluding hydrogens is 210 g/mol. The fraction of sp³-hybridized carbons (Fsp3) is 1.00. The van der Waals surface area contributed by atoms with Gasteiger partial charge in [0.2, 0.25) is 0 Å². The van der Waals surface area contributed by atoms with Gasteiger partial charge < -0.3 is 10.1 Å². The maximum atomic E-state index is 5.76. The monoisotopic (exact) mass is 239 g/mol. The van der Waals surface area contributed by atoms with Crippen LogP contribution in [0.4, 0.5) is 0 Å². The number of rotatable bonds is 7. The summed E-state index contributed by atoms with van der Waals surface area (Å²) in [7, 11) is 0. The van der Waals surface area contributed by atoms with Crippen molar-refractivity contribution in [3.63, 3.8) is 0 Å². The molecule has 0 amide bonds. The van der Waals surface area contributed by atoms with E-state index in [4.69, 9.17) is 4.74 Å². The van der Waals surface area contributed by atoms with E-state index in [0.29, 0.717) is 5.41 Å². The quantitative estimate of drug-likeness (QED) is 0.735. The average molecular weight is 239 g/mol. The maximum Gasteiger partial charge on any atom is 0.0534 e. The largest absolute Gasteiger partial charge is 0.381 e. The van der Waals surface area contributed by atoms with Crippen molar-refractivity contribution in [1.82, 2.24) is 5.32 Å². The molecule has 1 atom stereocenters. The molecule has 2 aliphatic rings. The lowest BCUT2D eigenvalue weighted by Crippen LogP contribution is -2.41. The smallest absolute Gasteiger partial charge is 0.0534 e. The fourth-order valence-electron chi connectivity index (χ4n) is 2.87. The molecule has 2 heteroatoms. The Bertz CT molecular complexity index is 217. The molecule has 1 saturated carbocycles. The zero-order valence-electron chi connectivity index (χ0n) is 11.6. The molecule has 1 aliphatic heterocycles. The highest BCUT2D eigenvalue weighted by atomic mass is 16.5. The molecule has 0 bridgehead atoms. The van der Waals surface area contributed by atoms with Crippen LogP contribution in [-0.2, 0) is 4.74 Å². The van der Waals surface area contributed by atoms with Crippen molar-refractivity contribution >= 4 is 0 Å². The van der Waals surface area contributed by atoms with Gasteiger partial charge in [0, 0.05) is 24.6 Å². The Kier molecular flexibility index (Phi) is 4.87. The van der Waals surface area contributed by atoms with Crippen LogP contribution in [0.5, 0.6) is 0 Å². The van der Waals surface area contributed by atoms with Gasteiger partial charge in [-0.2, -0.15) is 0 Å². The van der Waals surface area contributed by atoms with Crippen LogP contribution in [0.3, 0.4) is 0 Å². The van der Waals surface area contributed by atoms with Gasteiger partial charge in [0.15, 0.2) is 0 Å². The number of ether oxygens (including phenoxy) is 1. The van der Waals surface area contributed by atoms with E-state index in [0.717, 1.165) is 25.2 Å². The lowest BCUT2D eigenvalue weighted by molar-refractivity contribution is -0.0138. The van der Waals surface area contributed by atoms with Crippen LogP contribution in [0.15, 0.2) is 0 Å². The van der Waals surface area contributed by atoms with Crippen molar-refractivity contribution in [3.8, 4) is 0 Å². The minimum atomic E-state index is 0.454. The van der Waals surface area contributed by atoms with E-state index in [1.54, 1.807) is 0 Å². The highest BCUT2D eigenvalue weighted by Gasteiger charge is 2.34. The van der Waals surface area contributed by atoms with Gasteiger partial charge in [0.1, 0.15) is 0 Å². The van der Waals surface area contributed by atoms with E-state index in [-0.39, 0.29) is 0 Å². The van der Waals surface area contributed by atoms with Gasteiger partial charge in [-0.3, -0.25) is 0 Å². The van der Waals surface area contributed by atoms with E-state index >= 15 is 0 Å². The third-order valence-corrected chi connectivity index (χ3v) is 4.24. The Balaban J connectivity index is 1.77. The van der Waals surface area contributed by atoms with E-state index in [2.05, 4.69) is 19.2 Å². The van der Waals surface area contributed by atoms with Crippen molar-refractivity contribution < 1.29 is 4.74 Å². The zero-order valence-corrected chi connectivity index (χ0v) is 11.6. The van der Waals surface area contributed by atoms with Crippen LogP contribution < -0.4 is 5.32 Å². The van der Waals surface area contributed by atoms with Crippen LogP contribution in [0.2, 0.25) is 0 Å². The van der Waals surface area contributed by atoms with Gasteiger partial charge in [0.25, 0.3) is 0 Å². The van der Waals surface area contributed by atoms with Crippen LogP contribution in [0.1, 0.15) is 58.8 Å². The van der Waals surface area contributed by atoms with E-state index < -0.39 is 0 Å². The van der Waals surface area contributed by atoms with Gasteiger partial charge in [-0.1, -0.05) is 26.7 Å². The Labute approximate surface area is 107 Å². The van der Waals surface area contributed by atoms with Crippen LogP contribution in [0, 0.1) is 11.3 Å². The molecule has 1 unspecified atom stereocenters. The summed E-state index contributed by atoms with van der Waals surface area (Å²) in [6.45, 7) is 7.81. The molecule has 1 heterocycles. The van der Waals surface area contributed by atoms with Gasteiger partial charge in [0.05, 0.1) is 6.61 Å². The van der Waals surface area contributed by atoms with Crippen LogP contribution in [-0.4, -0.2) is 25.8 Å². The molecule has 1 N–H and O–H groups in total. The summed E-state index contributed by atoms with van der Waals surface area (Å²) in [4.78, 5) is 0. The topological polar surface area (TPSA) is 21.3 Å². The highest BCUT2D eigenvalue weighted by molar-refractivity contribution is 4.89. The van der Waals surface area contributed by atoms with E-state index in [1.807, 2.05) is 0 Å². The molecule has 2 rings (SSSR count). The lowest BCUT2D eigenvalue weighted by Gasteiger charge is -2.37. The summed E-state index contributed by atoms with van der Waals surface area (Å²) in [6, 6.07) is 0.832. The van der Waals surface area contributed by atoms with Gasteiger partial charge in [-0.05, 0) is 38.0 Å². The predicted octanol–water partition coefficient (Wildman–Crippen LogP) is 3.36. The Morgan fingerprint density at radius 3 is 2.76 bits per heavy atom. The first-order chi connectivity index (χ1) is 8.20. The summed E-state index contributed by atoms with van der Waals surface area (Å²) in [5.74, 6) is 0.841. The lowest BCUT2D eigenvalue weighted by atomic mass is 9.77. The summed E-state index contributed by atoms with van der Waals surface area (Å²) in [5, 5.41) is 3.73. The highest BCUT2D eigenvalue weighted by Crippen LogP contribution is 2.35. The van der Waals surface area contributed by atoms with Gasteiger partial charge in [-0.25, -0.2) is 0 Å². The van der Waals surface area contributed by atoms with Crippen molar-refractivity contribution in [2.75, 3.05) is 19.8 Å². The van der Waals surface area contributed by atoms with Gasteiger partial charge >= 0.3 is 0 Å². The number of hydrogen-bond donors (Lipinski definition) is 1. The van der Waals surface area contributed by atoms with Crippen LogP contribution >= 0.6 is 0 Å². The van der Waals surface area contributed by atoms with E-state index in [9.17, 15) is 0 Å². The van der Waals surface area contributed by atoms with Crippen molar-refractivity contribution in [2.45, 2.75) is 64.8 Å². The predicted molar refractivity (Wildman–Crippen MR) is 72.2 cm³/mol. The normalized spacial score (nSPS) is 29.8. The second-order valence-electron chi connectivity index (χ2n) is 6.60. The molecule has 17 heavy (non-hydrogen) atoms. The van der Waals surface area contributed by atoms with Crippen molar-refractivity contribution in [2.24, 2.45) is 11.3 Å². The second kappa shape index (κ2) is 6.19. The van der Waals surface area contributed by atoms with Crippen molar-refractivity contribution in [3.05, 3.63) is 0 Å². The molecule has 2 nitrogen and oxygen atoms in total. The Hall–Kier alpha value is -0.0800. The molecule has 2 fully saturated rings. The molecule has 1 aliphatic carbocycles. The first-order valence-corrected chi connectivity index (χ1v) is 7.51. The Morgan fingerprint density at radius 2 is 2.18 bits per heavy atom. The number of hydrogen-bond acceptors (Lipinski definition) is 2. The second-order valence-corrected chi connectivity index (χ2v) is 6.60. The SMILES string of the molecule is CC(C)CCCC1(CNC2CC2)CCCOC1. The standard InChI is InChI=1S/C15H29NO/c1-13(2)5-3-8-15(9-4-10-17-12-15)11-16-14-6-7-14/h13-14,16H,3-12H2,1-2H3. The van der Waals surface area contributed by atoms with Crippen molar-refractivity contribution in [1.29, 1.82) is 0 Å². The summed E-state index contributed by atoms with van der Waals surface area (Å²) < 4.78 is 5.76. The summed E-state index contributed by atoms with van der Waals surface area (Å²) >= 11 is 0. The third kappa shape index (κ3) is 4.59. The average Bonchev–Trinajstić information content (AvgIpc) is 3.11. The number of nitrogens with one attached hydrogen (secondary N) is 1. The molecule has 0 aromatic heterocycles. The summed E-state index contributed by atoms with van der Waals surface area (Å²) in [6.07, 6.45) is 9.49. The van der Waals surface area contributed by atoms with Gasteiger partial charge in [-0.15, -0.1) is 0 Å². The molecule has 0 spiro atoms. The summed E-state index contributed by atoms with van der Waals surface area (Å²) in [5.41, 5.74) is 0.454. The Morgan fingerprint density at radius 1 is 1.35 bits per heavy atom. The minimum absolute atomic E-state index is 0.454. The molecule has 1 saturated heterocycles. The maximum absolute atomic E-state index is 5.76. The van der Waals surface area contributed by atoms with E-state index in [1.165, 1.54) is 51.5 Å². The molecular formula is C15H29NO. The fourth-order valence-corrected chi connectivity index (χ4v) is 2.87. The zero-order chi connectivity index (χ0) is 12.1. The van der Waals surface area contributed by atoms with Crippen LogP contribution in [0.25, 0.3) is 0 Å². The molecule has 0 radical (unpaired) electrons. The third-order valence-electron chi connectivity index (χ3n) is 4.24. The molecule has 100 valence electrons. The molecule has 0 aromatic carbocycles. The molecule has 0 aromatic rings.